The monoisotopic (exact) mass is 571 g/mol. The van der Waals surface area contributed by atoms with Crippen LogP contribution in [0.2, 0.25) is 10.3 Å². The van der Waals surface area contributed by atoms with E-state index in [-0.39, 0.29) is 32.6 Å². The van der Waals surface area contributed by atoms with Crippen molar-refractivity contribution in [3.63, 3.8) is 0 Å². The van der Waals surface area contributed by atoms with Crippen LogP contribution >= 0.6 is 23.2 Å². The van der Waals surface area contributed by atoms with Crippen molar-refractivity contribution in [3.8, 4) is 0 Å². The summed E-state index contributed by atoms with van der Waals surface area (Å²) in [6.45, 7) is 1.92. The molecule has 0 saturated carbocycles. The topological polar surface area (TPSA) is 112 Å². The number of fused-ring (bicyclic) bond motifs is 1. The SMILES string of the molecule is O=C(c1ccc(NS(=O)(=O)c2cccc3c2NCC=C3)cc1)N1CCN(C(=O)c2ccc(Cl)nc2Cl)CC1. The number of rotatable bonds is 5. The molecule has 2 amide bonds. The van der Waals surface area contributed by atoms with E-state index in [1.807, 2.05) is 18.2 Å². The zero-order valence-electron chi connectivity index (χ0n) is 20.0. The van der Waals surface area contributed by atoms with Gasteiger partial charge >= 0.3 is 0 Å². The van der Waals surface area contributed by atoms with Gasteiger partial charge in [-0.25, -0.2) is 13.4 Å². The van der Waals surface area contributed by atoms with Crippen molar-refractivity contribution < 1.29 is 18.0 Å². The van der Waals surface area contributed by atoms with Gasteiger partial charge in [-0.2, -0.15) is 0 Å². The first kappa shape index (κ1) is 26.0. The van der Waals surface area contributed by atoms with E-state index in [4.69, 9.17) is 23.2 Å². The first-order chi connectivity index (χ1) is 18.2. The van der Waals surface area contributed by atoms with Gasteiger partial charge in [-0.3, -0.25) is 14.3 Å². The van der Waals surface area contributed by atoms with Gasteiger partial charge in [0, 0.05) is 44.0 Å². The minimum Gasteiger partial charge on any atom is -0.380 e. The van der Waals surface area contributed by atoms with E-state index in [0.717, 1.165) is 5.56 Å². The number of aromatic nitrogens is 1. The highest BCUT2D eigenvalue weighted by molar-refractivity contribution is 7.92. The second kappa shape index (κ2) is 10.6. The van der Waals surface area contributed by atoms with Crippen molar-refractivity contribution in [1.82, 2.24) is 14.8 Å². The Morgan fingerprint density at radius 3 is 2.26 bits per heavy atom. The molecule has 196 valence electrons. The van der Waals surface area contributed by atoms with Gasteiger partial charge in [0.05, 0.1) is 11.3 Å². The Morgan fingerprint density at radius 2 is 1.58 bits per heavy atom. The van der Waals surface area contributed by atoms with Gasteiger partial charge in [0.25, 0.3) is 21.8 Å². The minimum absolute atomic E-state index is 0.0389. The number of hydrogen-bond acceptors (Lipinski definition) is 6. The summed E-state index contributed by atoms with van der Waals surface area (Å²) >= 11 is 11.9. The molecule has 12 heteroatoms. The second-order valence-corrected chi connectivity index (χ2v) is 11.1. The predicted molar refractivity (Wildman–Crippen MR) is 147 cm³/mol. The molecule has 2 aromatic carbocycles. The highest BCUT2D eigenvalue weighted by Gasteiger charge is 2.27. The van der Waals surface area contributed by atoms with Gasteiger partial charge in [-0.15, -0.1) is 0 Å². The van der Waals surface area contributed by atoms with E-state index < -0.39 is 10.0 Å². The fourth-order valence-corrected chi connectivity index (χ4v) is 6.07. The number of sulfonamides is 1. The number of amides is 2. The Labute approximate surface area is 230 Å². The number of benzene rings is 2. The third-order valence-electron chi connectivity index (χ3n) is 6.33. The second-order valence-electron chi connectivity index (χ2n) is 8.74. The maximum atomic E-state index is 13.1. The van der Waals surface area contributed by atoms with Crippen LogP contribution < -0.4 is 10.0 Å². The molecule has 9 nitrogen and oxygen atoms in total. The lowest BCUT2D eigenvalue weighted by Gasteiger charge is -2.35. The van der Waals surface area contributed by atoms with Gasteiger partial charge in [-0.1, -0.05) is 47.5 Å². The Kier molecular flexibility index (Phi) is 7.29. The van der Waals surface area contributed by atoms with Crippen molar-refractivity contribution >= 4 is 62.5 Å². The fraction of sp³-hybridized carbons (Fsp3) is 0.192. The standard InChI is InChI=1S/C26H23Cl2N5O4S/c27-22-11-10-20(24(28)30-22)26(35)33-15-13-32(14-16-33)25(34)18-6-8-19(9-7-18)31-38(36,37)21-5-1-3-17-4-2-12-29-23(17)21/h1-11,29,31H,12-16H2. The van der Waals surface area contributed by atoms with Crippen molar-refractivity contribution in [2.45, 2.75) is 4.90 Å². The van der Waals surface area contributed by atoms with Gasteiger partial charge in [0.2, 0.25) is 0 Å². The number of para-hydroxylation sites is 1. The van der Waals surface area contributed by atoms with E-state index in [1.54, 1.807) is 46.2 Å². The molecule has 1 saturated heterocycles. The Morgan fingerprint density at radius 1 is 0.895 bits per heavy atom. The third kappa shape index (κ3) is 5.33. The lowest BCUT2D eigenvalue weighted by molar-refractivity contribution is 0.0535. The fourth-order valence-electron chi connectivity index (χ4n) is 4.38. The number of pyridine rings is 1. The smallest absolute Gasteiger partial charge is 0.263 e. The molecule has 0 aliphatic carbocycles. The van der Waals surface area contributed by atoms with Crippen LogP contribution in [0.4, 0.5) is 11.4 Å². The number of piperazine rings is 1. The van der Waals surface area contributed by atoms with Crippen molar-refractivity contribution in [2.24, 2.45) is 0 Å². The summed E-state index contributed by atoms with van der Waals surface area (Å²) in [7, 11) is -3.85. The zero-order chi connectivity index (χ0) is 26.9. The lowest BCUT2D eigenvalue weighted by atomic mass is 10.1. The molecule has 2 N–H and O–H groups in total. The van der Waals surface area contributed by atoms with E-state index in [1.165, 1.54) is 12.1 Å². The van der Waals surface area contributed by atoms with Gasteiger partial charge in [-0.05, 0) is 48.0 Å². The van der Waals surface area contributed by atoms with Crippen LogP contribution in [0.15, 0.2) is 65.6 Å². The molecule has 0 bridgehead atoms. The molecule has 38 heavy (non-hydrogen) atoms. The highest BCUT2D eigenvalue weighted by Crippen LogP contribution is 2.30. The molecule has 3 heterocycles. The lowest BCUT2D eigenvalue weighted by Crippen LogP contribution is -2.50. The van der Waals surface area contributed by atoms with Crippen molar-refractivity contribution in [2.75, 3.05) is 42.8 Å². The average Bonchev–Trinajstić information content (AvgIpc) is 2.92. The number of nitrogens with one attached hydrogen (secondary N) is 2. The molecular formula is C26H23Cl2N5O4S. The molecule has 0 radical (unpaired) electrons. The highest BCUT2D eigenvalue weighted by atomic mass is 35.5. The molecule has 3 aromatic rings. The number of halogens is 2. The third-order valence-corrected chi connectivity index (χ3v) is 8.25. The Balaban J connectivity index is 1.22. The summed E-state index contributed by atoms with van der Waals surface area (Å²) in [5.41, 5.74) is 2.38. The molecule has 0 spiro atoms. The van der Waals surface area contributed by atoms with Gasteiger partial charge in [0.15, 0.2) is 0 Å². The number of hydrogen-bond donors (Lipinski definition) is 2. The first-order valence-electron chi connectivity index (χ1n) is 11.8. The quantitative estimate of drug-likeness (QED) is 0.443. The van der Waals surface area contributed by atoms with E-state index >= 15 is 0 Å². The van der Waals surface area contributed by atoms with E-state index in [9.17, 15) is 18.0 Å². The van der Waals surface area contributed by atoms with Gasteiger partial charge in [0.1, 0.15) is 15.2 Å². The normalized spacial score (nSPS) is 15.0. The van der Waals surface area contributed by atoms with E-state index in [0.29, 0.717) is 49.7 Å². The summed E-state index contributed by atoms with van der Waals surface area (Å²) < 4.78 is 28.7. The van der Waals surface area contributed by atoms with Crippen LogP contribution in [-0.4, -0.2) is 67.7 Å². The summed E-state index contributed by atoms with van der Waals surface area (Å²) in [4.78, 5) is 33.2. The molecule has 0 atom stereocenters. The molecule has 2 aliphatic rings. The molecule has 0 unspecified atom stereocenters. The zero-order valence-corrected chi connectivity index (χ0v) is 22.4. The van der Waals surface area contributed by atoms with Crippen LogP contribution in [0.5, 0.6) is 0 Å². The largest absolute Gasteiger partial charge is 0.380 e. The minimum atomic E-state index is -3.85. The molecular weight excluding hydrogens is 549 g/mol. The van der Waals surface area contributed by atoms with Crippen LogP contribution in [0, 0.1) is 0 Å². The van der Waals surface area contributed by atoms with Gasteiger partial charge < -0.3 is 15.1 Å². The van der Waals surface area contributed by atoms with E-state index in [2.05, 4.69) is 15.0 Å². The number of anilines is 2. The average molecular weight is 572 g/mol. The molecule has 1 fully saturated rings. The van der Waals surface area contributed by atoms with Crippen molar-refractivity contribution in [3.05, 3.63) is 87.7 Å². The number of carbonyl (C=O) groups excluding carboxylic acids is 2. The van der Waals surface area contributed by atoms with Crippen LogP contribution in [-0.2, 0) is 10.0 Å². The number of nitrogens with zero attached hydrogens (tertiary/aromatic N) is 3. The molecule has 2 aliphatic heterocycles. The van der Waals surface area contributed by atoms with Crippen molar-refractivity contribution in [1.29, 1.82) is 0 Å². The molecule has 5 rings (SSSR count). The predicted octanol–water partition coefficient (Wildman–Crippen LogP) is 4.23. The van der Waals surface area contributed by atoms with Crippen LogP contribution in [0.25, 0.3) is 6.08 Å². The maximum Gasteiger partial charge on any atom is 0.263 e. The first-order valence-corrected chi connectivity index (χ1v) is 14.0. The summed E-state index contributed by atoms with van der Waals surface area (Å²) in [6.07, 6.45) is 3.80. The Bertz CT molecular complexity index is 1540. The Hall–Kier alpha value is -3.60. The summed E-state index contributed by atoms with van der Waals surface area (Å²) in [5, 5.41) is 3.35. The molecule has 1 aromatic heterocycles. The summed E-state index contributed by atoms with van der Waals surface area (Å²) in [5.74, 6) is -0.473. The van der Waals surface area contributed by atoms with Crippen LogP contribution in [0.1, 0.15) is 26.3 Å². The maximum absolute atomic E-state index is 13.1. The van der Waals surface area contributed by atoms with Crippen LogP contribution in [0.3, 0.4) is 0 Å². The number of carbonyl (C=O) groups is 2. The summed E-state index contributed by atoms with van der Waals surface area (Å²) in [6, 6.07) is 14.4.